The first-order valence-corrected chi connectivity index (χ1v) is 6.72. The van der Waals surface area contributed by atoms with Crippen molar-refractivity contribution < 1.29 is 9.59 Å². The van der Waals surface area contributed by atoms with Crippen LogP contribution in [0.4, 0.5) is 5.69 Å². The Kier molecular flexibility index (Phi) is 3.45. The van der Waals surface area contributed by atoms with Crippen molar-refractivity contribution in [2.45, 2.75) is 13.8 Å². The maximum absolute atomic E-state index is 12.0. The first-order chi connectivity index (χ1) is 7.93. The van der Waals surface area contributed by atoms with Crippen LogP contribution in [0.1, 0.15) is 13.8 Å². The number of hydrogen-bond acceptors (Lipinski definition) is 2. The topological polar surface area (TPSA) is 37.4 Å². The van der Waals surface area contributed by atoms with Crippen molar-refractivity contribution in [1.82, 2.24) is 0 Å². The molecule has 1 heterocycles. The van der Waals surface area contributed by atoms with Crippen LogP contribution in [0.25, 0.3) is 0 Å². The molecular weight excluding hydrogens is 352 g/mol. The van der Waals surface area contributed by atoms with Gasteiger partial charge in [0, 0.05) is 20.4 Å². The zero-order valence-corrected chi connectivity index (χ0v) is 12.3. The van der Waals surface area contributed by atoms with Gasteiger partial charge in [0.25, 0.3) is 0 Å². The molecule has 5 heteroatoms. The first kappa shape index (κ1) is 12.8. The highest BCUT2D eigenvalue weighted by atomic mass is 127. The zero-order chi connectivity index (χ0) is 12.7. The van der Waals surface area contributed by atoms with Crippen molar-refractivity contribution in [3.8, 4) is 0 Å². The fourth-order valence-corrected chi connectivity index (χ4v) is 2.96. The van der Waals surface area contributed by atoms with Gasteiger partial charge in [0.15, 0.2) is 0 Å². The second-order valence-corrected chi connectivity index (χ2v) is 5.78. The van der Waals surface area contributed by atoms with Gasteiger partial charge >= 0.3 is 0 Å². The number of benzene rings is 1. The van der Waals surface area contributed by atoms with E-state index in [1.165, 1.54) is 4.90 Å². The summed E-state index contributed by atoms with van der Waals surface area (Å²) in [7, 11) is 0. The summed E-state index contributed by atoms with van der Waals surface area (Å²) < 4.78 is 0.804. The summed E-state index contributed by atoms with van der Waals surface area (Å²) in [6.45, 7) is 3.57. The van der Waals surface area contributed by atoms with Crippen molar-refractivity contribution >= 4 is 51.7 Å². The largest absolute Gasteiger partial charge is 0.274 e. The second-order valence-electron chi connectivity index (χ2n) is 4.18. The van der Waals surface area contributed by atoms with E-state index < -0.39 is 0 Å². The molecule has 0 bridgehead atoms. The van der Waals surface area contributed by atoms with Crippen LogP contribution in [0.15, 0.2) is 18.2 Å². The number of carbonyl (C=O) groups excluding carboxylic acids is 2. The lowest BCUT2D eigenvalue weighted by Crippen LogP contribution is -2.31. The van der Waals surface area contributed by atoms with Crippen molar-refractivity contribution in [2.24, 2.45) is 11.8 Å². The fourth-order valence-electron chi connectivity index (χ4n) is 1.84. The van der Waals surface area contributed by atoms with Crippen LogP contribution in [0.5, 0.6) is 0 Å². The van der Waals surface area contributed by atoms with Crippen molar-refractivity contribution in [2.75, 3.05) is 4.90 Å². The Morgan fingerprint density at radius 3 is 2.18 bits per heavy atom. The minimum atomic E-state index is -0.256. The van der Waals surface area contributed by atoms with Crippen LogP contribution in [-0.4, -0.2) is 11.8 Å². The zero-order valence-electron chi connectivity index (χ0n) is 9.41. The molecule has 2 atom stereocenters. The molecule has 0 aromatic heterocycles. The van der Waals surface area contributed by atoms with Crippen LogP contribution in [0, 0.1) is 15.4 Å². The summed E-state index contributed by atoms with van der Waals surface area (Å²) in [6.07, 6.45) is 0. The van der Waals surface area contributed by atoms with Gasteiger partial charge < -0.3 is 0 Å². The van der Waals surface area contributed by atoms with Gasteiger partial charge in [-0.2, -0.15) is 0 Å². The predicted molar refractivity (Wildman–Crippen MR) is 75.0 cm³/mol. The Balaban J connectivity index is 2.47. The first-order valence-electron chi connectivity index (χ1n) is 5.26. The molecule has 90 valence electrons. The maximum atomic E-state index is 12.0. The van der Waals surface area contributed by atoms with E-state index in [0.29, 0.717) is 10.7 Å². The third kappa shape index (κ3) is 2.08. The monoisotopic (exact) mass is 363 g/mol. The molecule has 1 fully saturated rings. The van der Waals surface area contributed by atoms with Crippen LogP contribution in [-0.2, 0) is 9.59 Å². The smallest absolute Gasteiger partial charge is 0.237 e. The van der Waals surface area contributed by atoms with E-state index in [1.54, 1.807) is 32.0 Å². The lowest BCUT2D eigenvalue weighted by molar-refractivity contribution is -0.122. The van der Waals surface area contributed by atoms with Crippen LogP contribution >= 0.6 is 34.2 Å². The summed E-state index contributed by atoms with van der Waals surface area (Å²) in [5.41, 5.74) is 0.626. The van der Waals surface area contributed by atoms with Crippen molar-refractivity contribution in [1.29, 1.82) is 0 Å². The lowest BCUT2D eigenvalue weighted by atomic mass is 10.00. The maximum Gasteiger partial charge on any atom is 0.237 e. The Bertz CT molecular complexity index is 483. The number of imide groups is 1. The van der Waals surface area contributed by atoms with Crippen molar-refractivity contribution in [3.05, 3.63) is 26.8 Å². The third-order valence-electron chi connectivity index (χ3n) is 3.12. The Morgan fingerprint density at radius 1 is 1.18 bits per heavy atom. The molecule has 0 aliphatic carbocycles. The summed E-state index contributed by atoms with van der Waals surface area (Å²) >= 11 is 7.94. The molecule has 1 aliphatic rings. The summed E-state index contributed by atoms with van der Waals surface area (Å²) in [5.74, 6) is -0.784. The van der Waals surface area contributed by atoms with E-state index in [4.69, 9.17) is 11.6 Å². The number of rotatable bonds is 1. The molecule has 0 saturated carbocycles. The summed E-state index contributed by atoms with van der Waals surface area (Å²) in [4.78, 5) is 25.3. The van der Waals surface area contributed by atoms with E-state index in [2.05, 4.69) is 22.6 Å². The normalized spacial score (nSPS) is 24.6. The molecule has 2 amide bonds. The molecule has 0 N–H and O–H groups in total. The van der Waals surface area contributed by atoms with E-state index in [9.17, 15) is 9.59 Å². The molecule has 1 aromatic rings. The number of hydrogen-bond donors (Lipinski definition) is 0. The minimum absolute atomic E-state index is 0.136. The predicted octanol–water partition coefficient (Wildman–Crippen LogP) is 3.09. The number of anilines is 1. The van der Waals surface area contributed by atoms with Crippen molar-refractivity contribution in [3.63, 3.8) is 0 Å². The van der Waals surface area contributed by atoms with Crippen LogP contribution in [0.2, 0.25) is 5.02 Å². The SMILES string of the molecule is CC1C(=O)N(c2ccc(Cl)cc2I)C(=O)C1C. The van der Waals surface area contributed by atoms with Gasteiger partial charge in [-0.05, 0) is 40.8 Å². The third-order valence-corrected chi connectivity index (χ3v) is 4.22. The van der Waals surface area contributed by atoms with E-state index in [1.807, 2.05) is 0 Å². The fraction of sp³-hybridized carbons (Fsp3) is 0.333. The highest BCUT2D eigenvalue weighted by Gasteiger charge is 2.43. The van der Waals surface area contributed by atoms with Gasteiger partial charge in [0.1, 0.15) is 0 Å². The molecule has 3 nitrogen and oxygen atoms in total. The summed E-state index contributed by atoms with van der Waals surface area (Å²) in [5, 5.41) is 0.596. The van der Waals surface area contributed by atoms with Gasteiger partial charge in [-0.25, -0.2) is 4.90 Å². The average Bonchev–Trinajstić information content (AvgIpc) is 2.45. The molecular formula is C12H11ClINO2. The van der Waals surface area contributed by atoms with Gasteiger partial charge in [-0.3, -0.25) is 9.59 Å². The van der Waals surface area contributed by atoms with E-state index >= 15 is 0 Å². The molecule has 0 spiro atoms. The number of carbonyl (C=O) groups is 2. The average molecular weight is 364 g/mol. The minimum Gasteiger partial charge on any atom is -0.274 e. The number of nitrogens with zero attached hydrogens (tertiary/aromatic N) is 1. The van der Waals surface area contributed by atoms with Crippen LogP contribution in [0.3, 0.4) is 0 Å². The molecule has 17 heavy (non-hydrogen) atoms. The Labute approximate surface area is 118 Å². The highest BCUT2D eigenvalue weighted by Crippen LogP contribution is 2.34. The van der Waals surface area contributed by atoms with E-state index in [0.717, 1.165) is 3.57 Å². The Hall–Kier alpha value is -0.620. The Morgan fingerprint density at radius 2 is 1.71 bits per heavy atom. The van der Waals surface area contributed by atoms with Gasteiger partial charge in [0.2, 0.25) is 11.8 Å². The van der Waals surface area contributed by atoms with Gasteiger partial charge in [0.05, 0.1) is 5.69 Å². The number of halogens is 2. The van der Waals surface area contributed by atoms with E-state index in [-0.39, 0.29) is 23.7 Å². The summed E-state index contributed by atoms with van der Waals surface area (Å²) in [6, 6.07) is 5.14. The molecule has 1 aromatic carbocycles. The number of amides is 2. The quantitative estimate of drug-likeness (QED) is 0.568. The molecule has 2 rings (SSSR count). The molecule has 1 saturated heterocycles. The van der Waals surface area contributed by atoms with Gasteiger partial charge in [-0.15, -0.1) is 0 Å². The van der Waals surface area contributed by atoms with Crippen LogP contribution < -0.4 is 4.90 Å². The second kappa shape index (κ2) is 4.57. The molecule has 1 aliphatic heterocycles. The lowest BCUT2D eigenvalue weighted by Gasteiger charge is -2.16. The molecule has 2 unspecified atom stereocenters. The van der Waals surface area contributed by atoms with Gasteiger partial charge in [-0.1, -0.05) is 25.4 Å². The standard InChI is InChI=1S/C12H11ClINO2/c1-6-7(2)12(17)15(11(6)16)10-4-3-8(13)5-9(10)14/h3-7H,1-2H3. The molecule has 0 radical (unpaired) electrons. The highest BCUT2D eigenvalue weighted by molar-refractivity contribution is 14.1.